The van der Waals surface area contributed by atoms with E-state index in [-0.39, 0.29) is 6.10 Å². The van der Waals surface area contributed by atoms with Crippen LogP contribution in [0.4, 0.5) is 0 Å². The first kappa shape index (κ1) is 10.0. The lowest BCUT2D eigenvalue weighted by Crippen LogP contribution is -2.25. The quantitative estimate of drug-likeness (QED) is 0.632. The molecule has 12 heavy (non-hydrogen) atoms. The molecule has 1 aliphatic carbocycles. The maximum absolute atomic E-state index is 9.88. The van der Waals surface area contributed by atoms with E-state index in [0.29, 0.717) is 11.8 Å². The molecule has 0 bridgehead atoms. The van der Waals surface area contributed by atoms with Gasteiger partial charge in [-0.15, -0.1) is 0 Å². The molecule has 1 fully saturated rings. The zero-order valence-electron chi connectivity index (χ0n) is 8.42. The number of rotatable bonds is 2. The molecule has 72 valence electrons. The second-order valence-electron chi connectivity index (χ2n) is 4.49. The van der Waals surface area contributed by atoms with Crippen molar-refractivity contribution in [3.05, 3.63) is 0 Å². The lowest BCUT2D eigenvalue weighted by molar-refractivity contribution is 0.0571. The Hall–Kier alpha value is -0.0400. The van der Waals surface area contributed by atoms with Gasteiger partial charge < -0.3 is 5.11 Å². The van der Waals surface area contributed by atoms with Gasteiger partial charge in [-0.3, -0.25) is 0 Å². The molecule has 0 aromatic rings. The van der Waals surface area contributed by atoms with Crippen molar-refractivity contribution in [1.29, 1.82) is 0 Å². The van der Waals surface area contributed by atoms with Crippen LogP contribution < -0.4 is 0 Å². The van der Waals surface area contributed by atoms with Crippen LogP contribution in [-0.2, 0) is 0 Å². The Bertz CT molecular complexity index is 112. The molecule has 0 aliphatic heterocycles. The maximum atomic E-state index is 9.88. The monoisotopic (exact) mass is 170 g/mol. The van der Waals surface area contributed by atoms with Crippen molar-refractivity contribution in [2.24, 2.45) is 11.8 Å². The second kappa shape index (κ2) is 4.86. The van der Waals surface area contributed by atoms with Gasteiger partial charge in [0, 0.05) is 0 Å². The van der Waals surface area contributed by atoms with E-state index in [1.54, 1.807) is 0 Å². The third kappa shape index (κ3) is 2.78. The summed E-state index contributed by atoms with van der Waals surface area (Å²) < 4.78 is 0. The van der Waals surface area contributed by atoms with Gasteiger partial charge in [-0.2, -0.15) is 0 Å². The zero-order chi connectivity index (χ0) is 8.97. The average Bonchev–Trinajstić information content (AvgIpc) is 2.30. The molecule has 0 radical (unpaired) electrons. The van der Waals surface area contributed by atoms with Crippen LogP contribution in [0.15, 0.2) is 0 Å². The molecule has 0 amide bonds. The van der Waals surface area contributed by atoms with E-state index in [2.05, 4.69) is 13.8 Å². The molecule has 1 aliphatic rings. The van der Waals surface area contributed by atoms with Crippen LogP contribution in [0.1, 0.15) is 52.4 Å². The van der Waals surface area contributed by atoms with Crippen LogP contribution in [0.2, 0.25) is 0 Å². The average molecular weight is 170 g/mol. The van der Waals surface area contributed by atoms with E-state index in [9.17, 15) is 5.11 Å². The Morgan fingerprint density at radius 2 is 1.50 bits per heavy atom. The molecule has 1 N–H and O–H groups in total. The minimum absolute atomic E-state index is 0.0527. The Balaban J connectivity index is 2.37. The van der Waals surface area contributed by atoms with Gasteiger partial charge in [0.05, 0.1) is 6.10 Å². The minimum Gasteiger partial charge on any atom is -0.393 e. The van der Waals surface area contributed by atoms with Crippen LogP contribution in [-0.4, -0.2) is 11.2 Å². The fraction of sp³-hybridized carbons (Fsp3) is 1.00. The van der Waals surface area contributed by atoms with E-state index in [1.165, 1.54) is 38.5 Å². The molecule has 0 heterocycles. The number of aliphatic hydroxyl groups is 1. The first-order chi connectivity index (χ1) is 5.72. The molecular weight excluding hydrogens is 148 g/mol. The molecule has 0 saturated heterocycles. The summed E-state index contributed by atoms with van der Waals surface area (Å²) in [6.45, 7) is 4.24. The van der Waals surface area contributed by atoms with E-state index < -0.39 is 0 Å². The van der Waals surface area contributed by atoms with E-state index in [0.717, 1.165) is 0 Å². The highest BCUT2D eigenvalue weighted by molar-refractivity contribution is 4.74. The summed E-state index contributed by atoms with van der Waals surface area (Å²) >= 11 is 0. The highest BCUT2D eigenvalue weighted by atomic mass is 16.3. The number of hydrogen-bond donors (Lipinski definition) is 1. The smallest absolute Gasteiger partial charge is 0.0591 e. The van der Waals surface area contributed by atoms with Crippen molar-refractivity contribution in [2.45, 2.75) is 58.5 Å². The summed E-state index contributed by atoms with van der Waals surface area (Å²) in [6, 6.07) is 0. The Kier molecular flexibility index (Phi) is 4.07. The summed E-state index contributed by atoms with van der Waals surface area (Å²) in [5.74, 6) is 1.03. The lowest BCUT2D eigenvalue weighted by Gasteiger charge is -2.24. The van der Waals surface area contributed by atoms with Crippen LogP contribution in [0.25, 0.3) is 0 Å². The highest BCUT2D eigenvalue weighted by Crippen LogP contribution is 2.28. The van der Waals surface area contributed by atoms with Crippen molar-refractivity contribution in [2.75, 3.05) is 0 Å². The Morgan fingerprint density at radius 1 is 1.00 bits per heavy atom. The zero-order valence-corrected chi connectivity index (χ0v) is 8.42. The Labute approximate surface area is 76.2 Å². The van der Waals surface area contributed by atoms with Gasteiger partial charge in [0.25, 0.3) is 0 Å². The topological polar surface area (TPSA) is 20.2 Å². The van der Waals surface area contributed by atoms with E-state index in [1.807, 2.05) is 0 Å². The van der Waals surface area contributed by atoms with Gasteiger partial charge >= 0.3 is 0 Å². The first-order valence-electron chi connectivity index (χ1n) is 5.40. The molecule has 1 saturated carbocycles. The van der Waals surface area contributed by atoms with Gasteiger partial charge in [-0.1, -0.05) is 39.5 Å². The summed E-state index contributed by atoms with van der Waals surface area (Å²) in [7, 11) is 0. The normalized spacial score (nSPS) is 24.0. The summed E-state index contributed by atoms with van der Waals surface area (Å²) in [5.41, 5.74) is 0. The molecule has 1 atom stereocenters. The summed E-state index contributed by atoms with van der Waals surface area (Å²) in [5, 5.41) is 9.88. The SMILES string of the molecule is CC(C)C(O)C1CCCCCC1. The Morgan fingerprint density at radius 3 is 1.92 bits per heavy atom. The van der Waals surface area contributed by atoms with Crippen LogP contribution in [0.5, 0.6) is 0 Å². The van der Waals surface area contributed by atoms with E-state index in [4.69, 9.17) is 0 Å². The predicted octanol–water partition coefficient (Wildman–Crippen LogP) is 2.97. The van der Waals surface area contributed by atoms with Gasteiger partial charge in [-0.25, -0.2) is 0 Å². The lowest BCUT2D eigenvalue weighted by atomic mass is 9.88. The molecular formula is C11H22O. The molecule has 1 heteroatoms. The fourth-order valence-corrected chi connectivity index (χ4v) is 2.20. The molecule has 0 aromatic heterocycles. The van der Waals surface area contributed by atoms with Crippen molar-refractivity contribution >= 4 is 0 Å². The maximum Gasteiger partial charge on any atom is 0.0591 e. The third-order valence-corrected chi connectivity index (χ3v) is 3.07. The third-order valence-electron chi connectivity index (χ3n) is 3.07. The molecule has 0 aromatic carbocycles. The minimum atomic E-state index is -0.0527. The predicted molar refractivity (Wildman–Crippen MR) is 52.0 cm³/mol. The van der Waals surface area contributed by atoms with Crippen molar-refractivity contribution in [1.82, 2.24) is 0 Å². The van der Waals surface area contributed by atoms with Crippen molar-refractivity contribution in [3.63, 3.8) is 0 Å². The highest BCUT2D eigenvalue weighted by Gasteiger charge is 2.22. The summed E-state index contributed by atoms with van der Waals surface area (Å²) in [4.78, 5) is 0. The molecule has 1 unspecified atom stereocenters. The van der Waals surface area contributed by atoms with Gasteiger partial charge in [-0.05, 0) is 24.7 Å². The molecule has 0 spiro atoms. The molecule has 1 nitrogen and oxygen atoms in total. The number of hydrogen-bond acceptors (Lipinski definition) is 1. The van der Waals surface area contributed by atoms with Crippen LogP contribution in [0.3, 0.4) is 0 Å². The molecule has 1 rings (SSSR count). The van der Waals surface area contributed by atoms with Crippen LogP contribution >= 0.6 is 0 Å². The summed E-state index contributed by atoms with van der Waals surface area (Å²) in [6.07, 6.45) is 7.85. The van der Waals surface area contributed by atoms with Crippen molar-refractivity contribution < 1.29 is 5.11 Å². The first-order valence-corrected chi connectivity index (χ1v) is 5.40. The second-order valence-corrected chi connectivity index (χ2v) is 4.49. The standard InChI is InChI=1S/C11H22O/c1-9(2)11(12)10-7-5-3-4-6-8-10/h9-12H,3-8H2,1-2H3. The van der Waals surface area contributed by atoms with Gasteiger partial charge in [0.1, 0.15) is 0 Å². The van der Waals surface area contributed by atoms with Crippen LogP contribution in [0, 0.1) is 11.8 Å². The fourth-order valence-electron chi connectivity index (χ4n) is 2.20. The number of aliphatic hydroxyl groups excluding tert-OH is 1. The van der Waals surface area contributed by atoms with Gasteiger partial charge in [0.2, 0.25) is 0 Å². The van der Waals surface area contributed by atoms with E-state index >= 15 is 0 Å². The van der Waals surface area contributed by atoms with Gasteiger partial charge in [0.15, 0.2) is 0 Å². The van der Waals surface area contributed by atoms with Crippen molar-refractivity contribution in [3.8, 4) is 0 Å². The largest absolute Gasteiger partial charge is 0.393 e.